The number of fused-ring (bicyclic) bond motifs is 1. The molecule has 2 aromatic heterocycles. The number of nitrogens with one attached hydrogen (secondary N) is 2. The second-order valence-corrected chi connectivity index (χ2v) is 10.00. The summed E-state index contributed by atoms with van der Waals surface area (Å²) < 4.78 is 37.5. The van der Waals surface area contributed by atoms with Gasteiger partial charge >= 0.3 is 13.7 Å². The smallest absolute Gasteiger partial charge is 0.459 e. The summed E-state index contributed by atoms with van der Waals surface area (Å²) in [5, 5.41) is 13.9. The highest BCUT2D eigenvalue weighted by atomic mass is 32.1. The van der Waals surface area contributed by atoms with Crippen LogP contribution in [0.15, 0.2) is 42.6 Å². The van der Waals surface area contributed by atoms with Crippen molar-refractivity contribution < 1.29 is 33.0 Å². The van der Waals surface area contributed by atoms with E-state index in [0.29, 0.717) is 15.7 Å². The number of aliphatic hydroxyl groups is 1. The Hall–Kier alpha value is -2.80. The number of nitrogens with zero attached hydrogens (tertiary/aromatic N) is 2. The first-order valence-corrected chi connectivity index (χ1v) is 12.7. The van der Waals surface area contributed by atoms with Crippen LogP contribution in [0.1, 0.15) is 19.6 Å². The van der Waals surface area contributed by atoms with E-state index in [1.807, 2.05) is 0 Å². The normalized spacial score (nSPS) is 22.5. The molecule has 0 amide bonds. The van der Waals surface area contributed by atoms with Gasteiger partial charge < -0.3 is 34.4 Å². The molecule has 1 aliphatic heterocycles. The van der Waals surface area contributed by atoms with Gasteiger partial charge in [-0.2, -0.15) is 5.09 Å². The van der Waals surface area contributed by atoms with Crippen molar-refractivity contribution in [3.05, 3.63) is 47.2 Å². The van der Waals surface area contributed by atoms with Crippen LogP contribution in [0.3, 0.4) is 0 Å². The third-order valence-electron chi connectivity index (χ3n) is 5.41. The van der Waals surface area contributed by atoms with Crippen LogP contribution < -0.4 is 15.3 Å². The van der Waals surface area contributed by atoms with Crippen LogP contribution in [0.2, 0.25) is 0 Å². The van der Waals surface area contributed by atoms with Gasteiger partial charge in [0.15, 0.2) is 5.95 Å². The Labute approximate surface area is 205 Å². The van der Waals surface area contributed by atoms with Gasteiger partial charge in [0.25, 0.3) is 0 Å². The van der Waals surface area contributed by atoms with Crippen molar-refractivity contribution in [2.45, 2.75) is 37.8 Å². The van der Waals surface area contributed by atoms with Crippen LogP contribution in [-0.2, 0) is 23.4 Å². The Balaban J connectivity index is 1.49. The fraction of sp³-hybridized carbons (Fsp3) is 0.381. The Morgan fingerprint density at radius 1 is 1.43 bits per heavy atom. The van der Waals surface area contributed by atoms with E-state index in [9.17, 15) is 14.5 Å². The molecule has 5 atom stereocenters. The maximum absolute atomic E-state index is 13.5. The monoisotopic (exact) mass is 523 g/mol. The van der Waals surface area contributed by atoms with E-state index in [0.717, 1.165) is 0 Å². The zero-order valence-corrected chi connectivity index (χ0v) is 20.7. The van der Waals surface area contributed by atoms with Crippen LogP contribution in [-0.4, -0.2) is 57.6 Å². The molecule has 3 aromatic rings. The van der Waals surface area contributed by atoms with Crippen molar-refractivity contribution in [1.29, 1.82) is 0 Å². The average Bonchev–Trinajstić information content (AvgIpc) is 3.41. The molecule has 1 saturated heterocycles. The predicted octanol–water partition coefficient (Wildman–Crippen LogP) is 2.68. The molecular weight excluding hydrogens is 497 g/mol. The van der Waals surface area contributed by atoms with Gasteiger partial charge in [0.05, 0.1) is 25.2 Å². The van der Waals surface area contributed by atoms with E-state index in [1.54, 1.807) is 47.2 Å². The maximum Gasteiger partial charge on any atom is 0.459 e. The molecule has 1 fully saturated rings. The number of carbonyl (C=O) groups is 1. The molecule has 35 heavy (non-hydrogen) atoms. The van der Waals surface area contributed by atoms with E-state index in [2.05, 4.69) is 19.8 Å². The van der Waals surface area contributed by atoms with Crippen LogP contribution in [0.4, 0.5) is 5.95 Å². The highest BCUT2D eigenvalue weighted by Crippen LogP contribution is 2.46. The average molecular weight is 524 g/mol. The second-order valence-electron chi connectivity index (χ2n) is 7.92. The number of benzene rings is 1. The fourth-order valence-corrected chi connectivity index (χ4v) is 5.46. The van der Waals surface area contributed by atoms with E-state index < -0.39 is 38.2 Å². The number of nitrogen functional groups attached to an aromatic ring is 1. The Bertz CT molecular complexity index is 1300. The zero-order chi connectivity index (χ0) is 25.2. The number of aliphatic hydroxyl groups excluding tert-OH is 1. The van der Waals surface area contributed by atoms with Gasteiger partial charge in [-0.25, -0.2) is 9.55 Å². The van der Waals surface area contributed by atoms with E-state index in [-0.39, 0.29) is 24.7 Å². The van der Waals surface area contributed by atoms with Gasteiger partial charge in [-0.3, -0.25) is 9.32 Å². The number of ether oxygens (including phenoxy) is 2. The number of methoxy groups -OCH3 is 1. The van der Waals surface area contributed by atoms with Crippen molar-refractivity contribution in [1.82, 2.24) is 19.6 Å². The van der Waals surface area contributed by atoms with Crippen molar-refractivity contribution in [2.24, 2.45) is 0 Å². The number of carbonyl (C=O) groups excluding carboxylic acids is 1. The molecule has 14 heteroatoms. The first-order chi connectivity index (χ1) is 16.7. The van der Waals surface area contributed by atoms with Crippen molar-refractivity contribution in [2.75, 3.05) is 19.5 Å². The third kappa shape index (κ3) is 5.72. The minimum atomic E-state index is -4.07. The number of nitrogens with two attached hydrogens (primary N) is 1. The van der Waals surface area contributed by atoms with Crippen LogP contribution >= 0.6 is 20.0 Å². The summed E-state index contributed by atoms with van der Waals surface area (Å²) in [7, 11) is -2.85. The summed E-state index contributed by atoms with van der Waals surface area (Å²) in [6.45, 7) is 1.19. The summed E-state index contributed by atoms with van der Waals surface area (Å²) in [5.41, 5.74) is 6.40. The molecule has 0 bridgehead atoms. The summed E-state index contributed by atoms with van der Waals surface area (Å²) in [4.78, 5) is 18.9. The van der Waals surface area contributed by atoms with Gasteiger partial charge in [0.1, 0.15) is 34.4 Å². The van der Waals surface area contributed by atoms with Gasteiger partial charge in [-0.1, -0.05) is 30.4 Å². The summed E-state index contributed by atoms with van der Waals surface area (Å²) in [6.07, 6.45) is -0.344. The Morgan fingerprint density at radius 3 is 2.89 bits per heavy atom. The molecule has 1 aliphatic rings. The number of rotatable bonds is 9. The number of esters is 1. The topological polar surface area (TPSA) is 163 Å². The third-order valence-corrected chi connectivity index (χ3v) is 7.37. The zero-order valence-electron chi connectivity index (χ0n) is 19.0. The lowest BCUT2D eigenvalue weighted by molar-refractivity contribution is -0.142. The molecule has 1 aromatic carbocycles. The predicted molar refractivity (Wildman–Crippen MR) is 129 cm³/mol. The summed E-state index contributed by atoms with van der Waals surface area (Å²) in [6, 6.07) is 9.16. The summed E-state index contributed by atoms with van der Waals surface area (Å²) >= 11 is 5.25. The van der Waals surface area contributed by atoms with Gasteiger partial charge in [0, 0.05) is 12.6 Å². The molecule has 4 rings (SSSR count). The van der Waals surface area contributed by atoms with Crippen molar-refractivity contribution in [3.8, 4) is 5.75 Å². The quantitative estimate of drug-likeness (QED) is 0.185. The lowest BCUT2D eigenvalue weighted by Gasteiger charge is -2.24. The van der Waals surface area contributed by atoms with Gasteiger partial charge in [-0.05, 0) is 25.1 Å². The Kier molecular flexibility index (Phi) is 7.55. The van der Waals surface area contributed by atoms with E-state index in [1.165, 1.54) is 14.0 Å². The first kappa shape index (κ1) is 25.3. The molecule has 1 unspecified atom stereocenters. The Morgan fingerprint density at radius 2 is 2.17 bits per heavy atom. The maximum atomic E-state index is 13.5. The largest absolute Gasteiger partial charge is 0.468 e. The highest BCUT2D eigenvalue weighted by Gasteiger charge is 2.39. The van der Waals surface area contributed by atoms with Crippen molar-refractivity contribution >= 4 is 42.9 Å². The molecule has 0 spiro atoms. The molecule has 0 saturated carbocycles. The van der Waals surface area contributed by atoms with E-state index in [4.69, 9.17) is 31.7 Å². The van der Waals surface area contributed by atoms with Crippen LogP contribution in [0.25, 0.3) is 11.0 Å². The van der Waals surface area contributed by atoms with Crippen LogP contribution in [0, 0.1) is 4.64 Å². The van der Waals surface area contributed by atoms with E-state index >= 15 is 0 Å². The molecule has 0 radical (unpaired) electrons. The second kappa shape index (κ2) is 10.4. The van der Waals surface area contributed by atoms with Gasteiger partial charge in [-0.15, -0.1) is 0 Å². The lowest BCUT2D eigenvalue weighted by Crippen LogP contribution is -2.36. The number of aromatic amines is 1. The number of H-pyrrole nitrogens is 1. The minimum Gasteiger partial charge on any atom is -0.468 e. The molecule has 3 heterocycles. The number of anilines is 1. The SMILES string of the molecule is COC(=O)[C@H](C)NP(=O)(OC[C@H]1O[C@@H](n2ccc3c(=S)nc(N)[nH]c32)C[C@@H]1O)Oc1ccccc1. The molecular formula is C21H26N5O7PS. The molecule has 5 N–H and O–H groups in total. The minimum absolute atomic E-state index is 0.158. The molecule has 0 aliphatic carbocycles. The number of hydrogen-bond donors (Lipinski definition) is 4. The van der Waals surface area contributed by atoms with Crippen LogP contribution in [0.5, 0.6) is 5.75 Å². The fourth-order valence-electron chi connectivity index (χ4n) is 3.69. The molecule has 188 valence electrons. The summed E-state index contributed by atoms with van der Waals surface area (Å²) in [5.74, 6) is -0.217. The first-order valence-electron chi connectivity index (χ1n) is 10.7. The number of hydrogen-bond acceptors (Lipinski definition) is 10. The number of para-hydroxylation sites is 1. The van der Waals surface area contributed by atoms with Crippen molar-refractivity contribution in [3.63, 3.8) is 0 Å². The lowest BCUT2D eigenvalue weighted by atomic mass is 10.2. The highest BCUT2D eigenvalue weighted by molar-refractivity contribution is 7.71. The molecule has 12 nitrogen and oxygen atoms in total. The van der Waals surface area contributed by atoms with Gasteiger partial charge in [0.2, 0.25) is 0 Å². The standard InChI is InChI=1S/C21H26N5O7PS/c1-12(20(28)30-2)25-34(29,33-13-6-4-3-5-7-13)31-11-16-15(27)10-17(32-16)26-9-8-14-18(26)23-21(22)24-19(14)35/h3-9,12,15-17,27H,10-11H2,1-2H3,(H,25,29)(H3,22,23,24,35)/t12-,15-,16+,17+,34?/m0/s1. The number of aromatic nitrogens is 3.